The number of hydrogen-bond donors (Lipinski definition) is 3. The molecule has 2 heterocycles. The van der Waals surface area contributed by atoms with E-state index in [2.05, 4.69) is 10.3 Å². The average molecular weight is 300 g/mol. The number of H-pyrrole nitrogens is 1. The average Bonchev–Trinajstić information content (AvgIpc) is 3.17. The van der Waals surface area contributed by atoms with Crippen molar-refractivity contribution in [1.29, 1.82) is 0 Å². The second-order valence-corrected chi connectivity index (χ2v) is 5.78. The predicted octanol–water partition coefficient (Wildman–Crippen LogP) is 3.08. The van der Waals surface area contributed by atoms with Crippen molar-refractivity contribution in [3.05, 3.63) is 58.4 Å². The summed E-state index contributed by atoms with van der Waals surface area (Å²) in [5, 5.41) is 15.2. The van der Waals surface area contributed by atoms with Crippen LogP contribution >= 0.6 is 11.3 Å². The summed E-state index contributed by atoms with van der Waals surface area (Å²) in [6.07, 6.45) is 2.33. The van der Waals surface area contributed by atoms with Gasteiger partial charge in [-0.2, -0.15) is 0 Å². The number of nitrogens with one attached hydrogen (secondary N) is 2. The number of carbonyl (C=O) groups excluding carboxylic acids is 1. The lowest BCUT2D eigenvalue weighted by Crippen LogP contribution is -2.28. The molecule has 3 rings (SSSR count). The zero-order valence-corrected chi connectivity index (χ0v) is 12.2. The smallest absolute Gasteiger partial charge is 0.253 e. The Morgan fingerprint density at radius 2 is 2.19 bits per heavy atom. The largest absolute Gasteiger partial charge is 0.396 e. The van der Waals surface area contributed by atoms with Crippen molar-refractivity contribution < 1.29 is 9.90 Å². The summed E-state index contributed by atoms with van der Waals surface area (Å²) in [5.74, 6) is -0.130. The summed E-state index contributed by atoms with van der Waals surface area (Å²) < 4.78 is 0. The second-order valence-electron chi connectivity index (χ2n) is 4.80. The number of fused-ring (bicyclic) bond motifs is 1. The number of carbonyl (C=O) groups is 1. The molecule has 0 fully saturated rings. The molecule has 4 nitrogen and oxygen atoms in total. The van der Waals surface area contributed by atoms with Gasteiger partial charge in [0.25, 0.3) is 5.91 Å². The molecule has 21 heavy (non-hydrogen) atoms. The zero-order chi connectivity index (χ0) is 14.7. The molecule has 1 atom stereocenters. The van der Waals surface area contributed by atoms with E-state index in [0.29, 0.717) is 12.0 Å². The Morgan fingerprint density at radius 1 is 1.29 bits per heavy atom. The molecule has 108 valence electrons. The molecule has 1 aromatic carbocycles. The van der Waals surface area contributed by atoms with Crippen molar-refractivity contribution in [2.24, 2.45) is 0 Å². The topological polar surface area (TPSA) is 65.1 Å². The Balaban J connectivity index is 1.86. The van der Waals surface area contributed by atoms with Crippen LogP contribution in [-0.4, -0.2) is 22.6 Å². The molecule has 0 aliphatic carbocycles. The first-order chi connectivity index (χ1) is 10.3. The van der Waals surface area contributed by atoms with E-state index >= 15 is 0 Å². The first kappa shape index (κ1) is 13.9. The molecule has 0 saturated heterocycles. The number of aromatic amines is 1. The number of hydrogen-bond acceptors (Lipinski definition) is 3. The molecule has 3 aromatic rings. The van der Waals surface area contributed by atoms with E-state index in [0.717, 1.165) is 15.8 Å². The maximum absolute atomic E-state index is 12.5. The van der Waals surface area contributed by atoms with Crippen LogP contribution in [0, 0.1) is 0 Å². The first-order valence-electron chi connectivity index (χ1n) is 6.81. The van der Waals surface area contributed by atoms with Crippen LogP contribution in [0.15, 0.2) is 48.0 Å². The lowest BCUT2D eigenvalue weighted by Gasteiger charge is -2.16. The first-order valence-corrected chi connectivity index (χ1v) is 7.69. The molecule has 0 spiro atoms. The van der Waals surface area contributed by atoms with Gasteiger partial charge in [-0.3, -0.25) is 4.79 Å². The van der Waals surface area contributed by atoms with Gasteiger partial charge in [0.2, 0.25) is 0 Å². The van der Waals surface area contributed by atoms with Gasteiger partial charge in [0.1, 0.15) is 0 Å². The fraction of sp³-hybridized carbons (Fsp3) is 0.188. The molecule has 0 unspecified atom stereocenters. The van der Waals surface area contributed by atoms with Crippen molar-refractivity contribution >= 4 is 28.1 Å². The van der Waals surface area contributed by atoms with E-state index in [4.69, 9.17) is 0 Å². The van der Waals surface area contributed by atoms with Crippen LogP contribution in [0.25, 0.3) is 10.9 Å². The molecular weight excluding hydrogens is 284 g/mol. The zero-order valence-electron chi connectivity index (χ0n) is 11.4. The third kappa shape index (κ3) is 2.84. The van der Waals surface area contributed by atoms with E-state index in [9.17, 15) is 9.90 Å². The van der Waals surface area contributed by atoms with Crippen LogP contribution < -0.4 is 5.32 Å². The number of aliphatic hydroxyl groups excluding tert-OH is 1. The maximum atomic E-state index is 12.5. The van der Waals surface area contributed by atoms with E-state index in [-0.39, 0.29) is 18.6 Å². The number of amides is 1. The third-order valence-corrected chi connectivity index (χ3v) is 4.43. The van der Waals surface area contributed by atoms with Gasteiger partial charge in [-0.15, -0.1) is 11.3 Å². The normalized spacial score (nSPS) is 12.4. The van der Waals surface area contributed by atoms with Crippen molar-refractivity contribution in [2.45, 2.75) is 12.5 Å². The molecule has 3 N–H and O–H groups in total. The van der Waals surface area contributed by atoms with Gasteiger partial charge in [-0.05, 0) is 30.0 Å². The van der Waals surface area contributed by atoms with Gasteiger partial charge < -0.3 is 15.4 Å². The Labute approximate surface area is 126 Å². The predicted molar refractivity (Wildman–Crippen MR) is 84.5 cm³/mol. The van der Waals surface area contributed by atoms with Crippen LogP contribution in [0.3, 0.4) is 0 Å². The summed E-state index contributed by atoms with van der Waals surface area (Å²) in [6, 6.07) is 11.3. The van der Waals surface area contributed by atoms with E-state index in [1.54, 1.807) is 17.4 Å². The van der Waals surface area contributed by atoms with E-state index in [1.807, 2.05) is 41.9 Å². The van der Waals surface area contributed by atoms with Gasteiger partial charge in [-0.1, -0.05) is 18.2 Å². The lowest BCUT2D eigenvalue weighted by molar-refractivity contribution is 0.0932. The molecule has 0 aliphatic rings. The van der Waals surface area contributed by atoms with Crippen LogP contribution in [0.4, 0.5) is 0 Å². The number of thiophene rings is 1. The number of aromatic nitrogens is 1. The molecule has 0 saturated carbocycles. The van der Waals surface area contributed by atoms with Crippen LogP contribution in [0.2, 0.25) is 0 Å². The Morgan fingerprint density at radius 3 is 2.95 bits per heavy atom. The minimum atomic E-state index is -0.160. The summed E-state index contributed by atoms with van der Waals surface area (Å²) >= 11 is 1.58. The van der Waals surface area contributed by atoms with Crippen molar-refractivity contribution in [3.63, 3.8) is 0 Å². The van der Waals surface area contributed by atoms with Gasteiger partial charge in [-0.25, -0.2) is 0 Å². The third-order valence-electron chi connectivity index (χ3n) is 3.44. The minimum Gasteiger partial charge on any atom is -0.396 e. The SMILES string of the molecule is O=C(N[C@@H](CCO)c1cccs1)c1cccc2cc[nH]c12. The highest BCUT2D eigenvalue weighted by molar-refractivity contribution is 7.10. The highest BCUT2D eigenvalue weighted by atomic mass is 32.1. The maximum Gasteiger partial charge on any atom is 0.253 e. The fourth-order valence-corrected chi connectivity index (χ4v) is 3.23. The van der Waals surface area contributed by atoms with Crippen LogP contribution in [0.5, 0.6) is 0 Å². The number of aliphatic hydroxyl groups is 1. The van der Waals surface area contributed by atoms with Gasteiger partial charge in [0.05, 0.1) is 17.1 Å². The molecule has 2 aromatic heterocycles. The molecule has 0 radical (unpaired) electrons. The highest BCUT2D eigenvalue weighted by Gasteiger charge is 2.18. The van der Waals surface area contributed by atoms with Gasteiger partial charge in [0.15, 0.2) is 0 Å². The summed E-state index contributed by atoms with van der Waals surface area (Å²) in [7, 11) is 0. The molecule has 0 aliphatic heterocycles. The number of rotatable bonds is 5. The Hall–Kier alpha value is -2.11. The fourth-order valence-electron chi connectivity index (χ4n) is 2.41. The van der Waals surface area contributed by atoms with Crippen molar-refractivity contribution in [2.75, 3.05) is 6.61 Å². The summed E-state index contributed by atoms with van der Waals surface area (Å²) in [6.45, 7) is 0.0373. The monoisotopic (exact) mass is 300 g/mol. The minimum absolute atomic E-state index is 0.0373. The highest BCUT2D eigenvalue weighted by Crippen LogP contribution is 2.23. The van der Waals surface area contributed by atoms with E-state index < -0.39 is 0 Å². The lowest BCUT2D eigenvalue weighted by atomic mass is 10.1. The quantitative estimate of drug-likeness (QED) is 0.678. The molecule has 5 heteroatoms. The molecular formula is C16H16N2O2S. The Bertz CT molecular complexity index is 734. The summed E-state index contributed by atoms with van der Waals surface area (Å²) in [4.78, 5) is 16.7. The second kappa shape index (κ2) is 6.11. The van der Waals surface area contributed by atoms with Gasteiger partial charge in [0, 0.05) is 23.1 Å². The molecule has 0 bridgehead atoms. The standard InChI is InChI=1S/C16H16N2O2S/c19-9-7-13(14-5-2-10-21-14)18-16(20)12-4-1-3-11-6-8-17-15(11)12/h1-6,8,10,13,17,19H,7,9H2,(H,18,20)/t13-/m0/s1. The van der Waals surface area contributed by atoms with Gasteiger partial charge >= 0.3 is 0 Å². The molecule has 1 amide bonds. The van der Waals surface area contributed by atoms with Crippen LogP contribution in [-0.2, 0) is 0 Å². The number of benzene rings is 1. The van der Waals surface area contributed by atoms with Crippen LogP contribution in [0.1, 0.15) is 27.7 Å². The van der Waals surface area contributed by atoms with E-state index in [1.165, 1.54) is 0 Å². The summed E-state index contributed by atoms with van der Waals surface area (Å²) in [5.41, 5.74) is 1.46. The van der Waals surface area contributed by atoms with Crippen molar-refractivity contribution in [1.82, 2.24) is 10.3 Å². The van der Waals surface area contributed by atoms with Crippen molar-refractivity contribution in [3.8, 4) is 0 Å². The number of para-hydroxylation sites is 1. The Kier molecular flexibility index (Phi) is 4.03.